The van der Waals surface area contributed by atoms with Crippen molar-refractivity contribution in [1.82, 2.24) is 14.9 Å². The van der Waals surface area contributed by atoms with E-state index >= 15 is 0 Å². The topological polar surface area (TPSA) is 44.3 Å². The third-order valence-electron chi connectivity index (χ3n) is 5.12. The molecule has 1 saturated heterocycles. The lowest BCUT2D eigenvalue weighted by molar-refractivity contribution is 0.249. The van der Waals surface area contributed by atoms with Crippen molar-refractivity contribution in [2.75, 3.05) is 36.4 Å². The first-order valence-electron chi connectivity index (χ1n) is 10.4. The van der Waals surface area contributed by atoms with E-state index < -0.39 is 0 Å². The van der Waals surface area contributed by atoms with Crippen LogP contribution in [0, 0.1) is 0 Å². The van der Waals surface area contributed by atoms with Gasteiger partial charge in [0.05, 0.1) is 5.69 Å². The van der Waals surface area contributed by atoms with E-state index in [-0.39, 0.29) is 0 Å². The van der Waals surface area contributed by atoms with Gasteiger partial charge in [-0.1, -0.05) is 60.7 Å². The van der Waals surface area contributed by atoms with Gasteiger partial charge in [0.2, 0.25) is 5.95 Å². The van der Waals surface area contributed by atoms with E-state index in [1.807, 2.05) is 12.1 Å². The second-order valence-electron chi connectivity index (χ2n) is 7.85. The Morgan fingerprint density at radius 2 is 1.52 bits per heavy atom. The summed E-state index contributed by atoms with van der Waals surface area (Å²) in [7, 11) is 0. The van der Waals surface area contributed by atoms with Crippen LogP contribution in [0.2, 0.25) is 0 Å². The molecule has 1 aromatic heterocycles. The van der Waals surface area contributed by atoms with Crippen LogP contribution in [-0.2, 0) is 6.54 Å². The first-order chi connectivity index (χ1) is 14.2. The molecule has 0 unspecified atom stereocenters. The van der Waals surface area contributed by atoms with Gasteiger partial charge in [0.15, 0.2) is 0 Å². The zero-order valence-corrected chi connectivity index (χ0v) is 17.3. The number of nitrogens with one attached hydrogen (secondary N) is 1. The first-order valence-corrected chi connectivity index (χ1v) is 10.4. The molecular weight excluding hydrogens is 358 g/mol. The summed E-state index contributed by atoms with van der Waals surface area (Å²) in [4.78, 5) is 14.5. The maximum Gasteiger partial charge on any atom is 0.227 e. The van der Waals surface area contributed by atoms with Crippen LogP contribution in [0.15, 0.2) is 66.7 Å². The number of rotatable bonds is 6. The number of hydrogen-bond donors (Lipinski definition) is 1. The van der Waals surface area contributed by atoms with Gasteiger partial charge in [-0.2, -0.15) is 4.98 Å². The number of hydrogen-bond acceptors (Lipinski definition) is 5. The normalized spacial score (nSPS) is 14.9. The van der Waals surface area contributed by atoms with Crippen LogP contribution in [0.1, 0.15) is 19.4 Å². The summed E-state index contributed by atoms with van der Waals surface area (Å²) in [6.07, 6.45) is 0. The fourth-order valence-corrected chi connectivity index (χ4v) is 3.65. The molecule has 29 heavy (non-hydrogen) atoms. The van der Waals surface area contributed by atoms with Gasteiger partial charge in [-0.15, -0.1) is 0 Å². The summed E-state index contributed by atoms with van der Waals surface area (Å²) in [5, 5.41) is 3.45. The fourth-order valence-electron chi connectivity index (χ4n) is 3.65. The quantitative estimate of drug-likeness (QED) is 0.684. The van der Waals surface area contributed by atoms with Gasteiger partial charge in [-0.05, 0) is 19.4 Å². The zero-order valence-electron chi connectivity index (χ0n) is 17.3. The van der Waals surface area contributed by atoms with Crippen molar-refractivity contribution in [2.45, 2.75) is 26.4 Å². The van der Waals surface area contributed by atoms with Crippen molar-refractivity contribution in [1.29, 1.82) is 0 Å². The molecule has 5 heteroatoms. The largest absolute Gasteiger partial charge is 0.368 e. The minimum absolute atomic E-state index is 0.323. The molecule has 0 radical (unpaired) electrons. The van der Waals surface area contributed by atoms with E-state index in [0.29, 0.717) is 6.04 Å². The standard InChI is InChI=1S/C24H29N5/c1-19(2)25-23-17-22(21-11-7-4-8-12-21)26-24(27-23)29-15-13-28(14-16-29)18-20-9-5-3-6-10-20/h3-12,17,19H,13-16,18H2,1-2H3,(H,25,26,27). The Balaban J connectivity index is 1.50. The third-order valence-corrected chi connectivity index (χ3v) is 5.12. The van der Waals surface area contributed by atoms with Crippen molar-refractivity contribution in [2.24, 2.45) is 0 Å². The SMILES string of the molecule is CC(C)Nc1cc(-c2ccccc2)nc(N2CCN(Cc3ccccc3)CC2)n1. The number of anilines is 2. The monoisotopic (exact) mass is 387 g/mol. The van der Waals surface area contributed by atoms with Gasteiger partial charge in [-0.25, -0.2) is 4.98 Å². The smallest absolute Gasteiger partial charge is 0.227 e. The Kier molecular flexibility index (Phi) is 6.06. The molecule has 0 bridgehead atoms. The summed E-state index contributed by atoms with van der Waals surface area (Å²) >= 11 is 0. The van der Waals surface area contributed by atoms with Gasteiger partial charge in [0, 0.05) is 50.4 Å². The molecule has 0 amide bonds. The molecule has 1 N–H and O–H groups in total. The first kappa shape index (κ1) is 19.4. The number of piperazine rings is 1. The summed E-state index contributed by atoms with van der Waals surface area (Å²) < 4.78 is 0. The lowest BCUT2D eigenvalue weighted by Gasteiger charge is -2.35. The van der Waals surface area contributed by atoms with Gasteiger partial charge >= 0.3 is 0 Å². The highest BCUT2D eigenvalue weighted by atomic mass is 15.3. The van der Waals surface area contributed by atoms with E-state index in [1.165, 1.54) is 5.56 Å². The molecule has 0 spiro atoms. The maximum absolute atomic E-state index is 4.90. The fraction of sp³-hybridized carbons (Fsp3) is 0.333. The lowest BCUT2D eigenvalue weighted by atomic mass is 10.1. The van der Waals surface area contributed by atoms with E-state index in [0.717, 1.165) is 55.7 Å². The van der Waals surface area contributed by atoms with E-state index in [2.05, 4.69) is 83.6 Å². The summed E-state index contributed by atoms with van der Waals surface area (Å²) in [5.41, 5.74) is 3.45. The van der Waals surface area contributed by atoms with Crippen molar-refractivity contribution >= 4 is 11.8 Å². The van der Waals surface area contributed by atoms with E-state index in [9.17, 15) is 0 Å². The van der Waals surface area contributed by atoms with E-state index in [4.69, 9.17) is 9.97 Å². The molecule has 5 nitrogen and oxygen atoms in total. The molecule has 2 aromatic carbocycles. The highest BCUT2D eigenvalue weighted by Crippen LogP contribution is 2.24. The van der Waals surface area contributed by atoms with Crippen molar-refractivity contribution in [3.63, 3.8) is 0 Å². The second-order valence-corrected chi connectivity index (χ2v) is 7.85. The predicted octanol–water partition coefficient (Wildman–Crippen LogP) is 4.29. The molecule has 1 aliphatic rings. The van der Waals surface area contributed by atoms with Crippen LogP contribution in [0.3, 0.4) is 0 Å². The van der Waals surface area contributed by atoms with Crippen LogP contribution in [0.25, 0.3) is 11.3 Å². The van der Waals surface area contributed by atoms with Crippen molar-refractivity contribution in [3.05, 3.63) is 72.3 Å². The van der Waals surface area contributed by atoms with Gasteiger partial charge in [0.1, 0.15) is 5.82 Å². The zero-order chi connectivity index (χ0) is 20.1. The van der Waals surface area contributed by atoms with Gasteiger partial charge in [0.25, 0.3) is 0 Å². The third kappa shape index (κ3) is 5.12. The van der Waals surface area contributed by atoms with Crippen LogP contribution < -0.4 is 10.2 Å². The molecule has 0 atom stereocenters. The van der Waals surface area contributed by atoms with Crippen LogP contribution in [0.5, 0.6) is 0 Å². The summed E-state index contributed by atoms with van der Waals surface area (Å²) in [6.45, 7) is 9.16. The highest BCUT2D eigenvalue weighted by Gasteiger charge is 2.20. The molecular formula is C24H29N5. The minimum atomic E-state index is 0.323. The summed E-state index contributed by atoms with van der Waals surface area (Å²) in [5.74, 6) is 1.70. The molecule has 4 rings (SSSR count). The molecule has 2 heterocycles. The lowest BCUT2D eigenvalue weighted by Crippen LogP contribution is -2.46. The Morgan fingerprint density at radius 3 is 2.17 bits per heavy atom. The molecule has 0 aliphatic carbocycles. The Bertz CT molecular complexity index is 903. The van der Waals surface area contributed by atoms with Crippen molar-refractivity contribution in [3.8, 4) is 11.3 Å². The van der Waals surface area contributed by atoms with Crippen LogP contribution in [-0.4, -0.2) is 47.1 Å². The van der Waals surface area contributed by atoms with E-state index in [1.54, 1.807) is 0 Å². The number of nitrogens with zero attached hydrogens (tertiary/aromatic N) is 4. The van der Waals surface area contributed by atoms with Crippen molar-refractivity contribution < 1.29 is 0 Å². The second kappa shape index (κ2) is 9.05. The number of benzene rings is 2. The molecule has 150 valence electrons. The molecule has 3 aromatic rings. The van der Waals surface area contributed by atoms with Crippen LogP contribution >= 0.6 is 0 Å². The van der Waals surface area contributed by atoms with Crippen LogP contribution in [0.4, 0.5) is 11.8 Å². The number of aromatic nitrogens is 2. The Morgan fingerprint density at radius 1 is 0.862 bits per heavy atom. The Hall–Kier alpha value is -2.92. The predicted molar refractivity (Wildman–Crippen MR) is 120 cm³/mol. The average Bonchev–Trinajstić information content (AvgIpc) is 2.75. The molecule has 1 aliphatic heterocycles. The van der Waals surface area contributed by atoms with Gasteiger partial charge < -0.3 is 10.2 Å². The average molecular weight is 388 g/mol. The minimum Gasteiger partial charge on any atom is -0.368 e. The highest BCUT2D eigenvalue weighted by molar-refractivity contribution is 5.64. The Labute approximate surface area is 173 Å². The molecule has 0 saturated carbocycles. The maximum atomic E-state index is 4.90. The molecule has 1 fully saturated rings. The summed E-state index contributed by atoms with van der Waals surface area (Å²) in [6, 6.07) is 23.4. The van der Waals surface area contributed by atoms with Gasteiger partial charge in [-0.3, -0.25) is 4.90 Å².